The number of benzene rings is 2. The van der Waals surface area contributed by atoms with Crippen LogP contribution in [0.4, 0.5) is 5.69 Å². The van der Waals surface area contributed by atoms with Crippen LogP contribution in [0, 0.1) is 0 Å². The van der Waals surface area contributed by atoms with Crippen LogP contribution in [0.5, 0.6) is 0 Å². The molecule has 1 aromatic heterocycles. The summed E-state index contributed by atoms with van der Waals surface area (Å²) in [6.45, 7) is 1.83. The standard InChI is InChI=1S/C16H13ClN2O3S/c1-9(23-12-5-2-10(17)3-6-12)15(20)18-11-4-7-14-13(8-11)19-16(21)22-14/h2-9H,1H3,(H,18,20)(H,19,21). The van der Waals surface area contributed by atoms with E-state index in [1.807, 2.05) is 19.1 Å². The second kappa shape index (κ2) is 6.52. The molecule has 0 bridgehead atoms. The molecule has 0 radical (unpaired) electrons. The largest absolute Gasteiger partial charge is 0.417 e. The van der Waals surface area contributed by atoms with E-state index in [9.17, 15) is 9.59 Å². The molecule has 0 spiro atoms. The first-order valence-corrected chi connectivity index (χ1v) is 8.13. The molecule has 118 valence electrons. The third kappa shape index (κ3) is 3.78. The Hall–Kier alpha value is -2.18. The van der Waals surface area contributed by atoms with Crippen LogP contribution in [-0.4, -0.2) is 16.1 Å². The Balaban J connectivity index is 1.69. The van der Waals surface area contributed by atoms with Gasteiger partial charge in [0.15, 0.2) is 5.58 Å². The van der Waals surface area contributed by atoms with Crippen LogP contribution in [0.25, 0.3) is 11.1 Å². The maximum absolute atomic E-state index is 12.3. The Morgan fingerprint density at radius 3 is 2.74 bits per heavy atom. The van der Waals surface area contributed by atoms with Crippen LogP contribution in [-0.2, 0) is 4.79 Å². The molecule has 0 aliphatic rings. The smallest absolute Gasteiger partial charge is 0.408 e. The van der Waals surface area contributed by atoms with Crippen LogP contribution < -0.4 is 11.1 Å². The van der Waals surface area contributed by atoms with Crippen LogP contribution in [0.2, 0.25) is 5.02 Å². The van der Waals surface area contributed by atoms with Gasteiger partial charge in [-0.3, -0.25) is 9.78 Å². The van der Waals surface area contributed by atoms with Gasteiger partial charge in [0.05, 0.1) is 10.8 Å². The van der Waals surface area contributed by atoms with E-state index in [-0.39, 0.29) is 11.2 Å². The lowest BCUT2D eigenvalue weighted by Crippen LogP contribution is -2.22. The number of oxazole rings is 1. The normalized spacial score (nSPS) is 12.3. The molecule has 5 nitrogen and oxygen atoms in total. The monoisotopic (exact) mass is 348 g/mol. The lowest BCUT2D eigenvalue weighted by molar-refractivity contribution is -0.115. The number of rotatable bonds is 4. The summed E-state index contributed by atoms with van der Waals surface area (Å²) in [5.41, 5.74) is 1.60. The molecule has 0 fully saturated rings. The summed E-state index contributed by atoms with van der Waals surface area (Å²) in [5.74, 6) is -0.648. The zero-order valence-corrected chi connectivity index (χ0v) is 13.7. The lowest BCUT2D eigenvalue weighted by Gasteiger charge is -2.12. The topological polar surface area (TPSA) is 75.1 Å². The number of carbonyl (C=O) groups excluding carboxylic acids is 1. The fraction of sp³-hybridized carbons (Fsp3) is 0.125. The second-order valence-electron chi connectivity index (χ2n) is 4.93. The van der Waals surface area contributed by atoms with Gasteiger partial charge in [-0.1, -0.05) is 11.6 Å². The highest BCUT2D eigenvalue weighted by Gasteiger charge is 2.15. The van der Waals surface area contributed by atoms with Crippen molar-refractivity contribution >= 4 is 46.1 Å². The Morgan fingerprint density at radius 1 is 1.26 bits per heavy atom. The van der Waals surface area contributed by atoms with Crippen molar-refractivity contribution in [3.63, 3.8) is 0 Å². The van der Waals surface area contributed by atoms with Crippen molar-refractivity contribution < 1.29 is 9.21 Å². The van der Waals surface area contributed by atoms with Gasteiger partial charge in [-0.2, -0.15) is 0 Å². The lowest BCUT2D eigenvalue weighted by atomic mass is 10.3. The molecule has 3 rings (SSSR count). The zero-order valence-electron chi connectivity index (χ0n) is 12.1. The van der Waals surface area contributed by atoms with Crippen molar-refractivity contribution in [2.45, 2.75) is 17.1 Å². The highest BCUT2D eigenvalue weighted by Crippen LogP contribution is 2.26. The highest BCUT2D eigenvalue weighted by molar-refractivity contribution is 8.00. The van der Waals surface area contributed by atoms with E-state index in [0.29, 0.717) is 21.8 Å². The van der Waals surface area contributed by atoms with E-state index in [4.69, 9.17) is 16.0 Å². The fourth-order valence-electron chi connectivity index (χ4n) is 2.04. The number of fused-ring (bicyclic) bond motifs is 1. The van der Waals surface area contributed by atoms with Crippen molar-refractivity contribution in [1.29, 1.82) is 0 Å². The van der Waals surface area contributed by atoms with Gasteiger partial charge >= 0.3 is 5.76 Å². The summed E-state index contributed by atoms with van der Waals surface area (Å²) in [4.78, 5) is 26.9. The molecular weight excluding hydrogens is 336 g/mol. The van der Waals surface area contributed by atoms with Crippen LogP contribution in [0.3, 0.4) is 0 Å². The SMILES string of the molecule is CC(Sc1ccc(Cl)cc1)C(=O)Nc1ccc2oc(=O)[nH]c2c1. The number of H-pyrrole nitrogens is 1. The molecule has 2 N–H and O–H groups in total. The number of nitrogens with one attached hydrogen (secondary N) is 2. The molecule has 2 aromatic carbocycles. The first-order valence-electron chi connectivity index (χ1n) is 6.87. The Bertz CT molecular complexity index is 902. The fourth-order valence-corrected chi connectivity index (χ4v) is 3.04. The van der Waals surface area contributed by atoms with E-state index in [1.54, 1.807) is 30.3 Å². The van der Waals surface area contributed by atoms with Gasteiger partial charge in [0.2, 0.25) is 5.91 Å². The summed E-state index contributed by atoms with van der Waals surface area (Å²) in [5, 5.41) is 3.20. The van der Waals surface area contributed by atoms with Gasteiger partial charge in [-0.15, -0.1) is 11.8 Å². The van der Waals surface area contributed by atoms with Gasteiger partial charge in [0.25, 0.3) is 0 Å². The van der Waals surface area contributed by atoms with E-state index in [2.05, 4.69) is 10.3 Å². The van der Waals surface area contributed by atoms with E-state index >= 15 is 0 Å². The first kappa shape index (κ1) is 15.7. The molecule has 1 heterocycles. The number of thioether (sulfide) groups is 1. The van der Waals surface area contributed by atoms with E-state index < -0.39 is 5.76 Å². The minimum Gasteiger partial charge on any atom is -0.408 e. The average Bonchev–Trinajstić information content (AvgIpc) is 2.88. The average molecular weight is 349 g/mol. The molecule has 0 aliphatic heterocycles. The first-order chi connectivity index (χ1) is 11.0. The van der Waals surface area contributed by atoms with Gasteiger partial charge in [0, 0.05) is 15.6 Å². The highest BCUT2D eigenvalue weighted by atomic mass is 35.5. The van der Waals surface area contributed by atoms with Crippen molar-refractivity contribution in [3.05, 3.63) is 58.0 Å². The van der Waals surface area contributed by atoms with Crippen molar-refractivity contribution in [1.82, 2.24) is 4.98 Å². The maximum atomic E-state index is 12.3. The number of anilines is 1. The van der Waals surface area contributed by atoms with Crippen molar-refractivity contribution in [3.8, 4) is 0 Å². The Labute approximate surface area is 141 Å². The minimum absolute atomic E-state index is 0.129. The van der Waals surface area contributed by atoms with E-state index in [0.717, 1.165) is 4.90 Å². The molecule has 7 heteroatoms. The number of hydrogen-bond acceptors (Lipinski definition) is 4. The molecule has 23 heavy (non-hydrogen) atoms. The van der Waals surface area contributed by atoms with Crippen LogP contribution >= 0.6 is 23.4 Å². The van der Waals surface area contributed by atoms with Crippen LogP contribution in [0.1, 0.15) is 6.92 Å². The van der Waals surface area contributed by atoms with Crippen molar-refractivity contribution in [2.24, 2.45) is 0 Å². The number of aromatic amines is 1. The summed E-state index contributed by atoms with van der Waals surface area (Å²) in [7, 11) is 0. The van der Waals surface area contributed by atoms with Crippen molar-refractivity contribution in [2.75, 3.05) is 5.32 Å². The summed E-state index contributed by atoms with van der Waals surface area (Å²) in [6, 6.07) is 12.3. The van der Waals surface area contributed by atoms with Gasteiger partial charge in [-0.05, 0) is 49.4 Å². The maximum Gasteiger partial charge on any atom is 0.417 e. The number of hydrogen-bond donors (Lipinski definition) is 2. The van der Waals surface area contributed by atoms with E-state index in [1.165, 1.54) is 11.8 Å². The minimum atomic E-state index is -0.518. The van der Waals surface area contributed by atoms with Gasteiger partial charge in [-0.25, -0.2) is 4.79 Å². The molecule has 0 saturated heterocycles. The predicted molar refractivity (Wildman–Crippen MR) is 92.2 cm³/mol. The molecule has 1 amide bonds. The number of halogens is 1. The molecule has 0 saturated carbocycles. The second-order valence-corrected chi connectivity index (χ2v) is 6.78. The molecule has 1 unspecified atom stereocenters. The number of aromatic nitrogens is 1. The van der Waals surface area contributed by atoms with Crippen LogP contribution in [0.15, 0.2) is 56.6 Å². The van der Waals surface area contributed by atoms with Gasteiger partial charge < -0.3 is 9.73 Å². The Kier molecular flexibility index (Phi) is 4.45. The molecule has 3 aromatic rings. The summed E-state index contributed by atoms with van der Waals surface area (Å²) >= 11 is 7.29. The Morgan fingerprint density at radius 2 is 2.00 bits per heavy atom. The summed E-state index contributed by atoms with van der Waals surface area (Å²) in [6.07, 6.45) is 0. The predicted octanol–water partition coefficient (Wildman–Crippen LogP) is 3.89. The zero-order chi connectivity index (χ0) is 16.4. The molecule has 1 atom stereocenters. The third-order valence-electron chi connectivity index (χ3n) is 3.18. The number of carbonyl (C=O) groups is 1. The number of amides is 1. The van der Waals surface area contributed by atoms with Gasteiger partial charge in [0.1, 0.15) is 0 Å². The summed E-state index contributed by atoms with van der Waals surface area (Å²) < 4.78 is 4.93. The molecule has 0 aliphatic carbocycles. The molecular formula is C16H13ClN2O3S. The third-order valence-corrected chi connectivity index (χ3v) is 4.55. The quantitative estimate of drug-likeness (QED) is 0.701.